The number of rotatable bonds is 15. The Hall–Kier alpha value is -3.54. The van der Waals surface area contributed by atoms with Crippen LogP contribution >= 0.6 is 34.3 Å². The van der Waals surface area contributed by atoms with Crippen LogP contribution in [0, 0.1) is 11.8 Å². The summed E-state index contributed by atoms with van der Waals surface area (Å²) >= 11 is 9.26. The highest BCUT2D eigenvalue weighted by atomic mass is 35.5. The number of ketones is 1. The van der Waals surface area contributed by atoms with E-state index in [-0.39, 0.29) is 35.3 Å². The number of aromatic hydroxyl groups is 1. The molecule has 2 unspecified atom stereocenters. The summed E-state index contributed by atoms with van der Waals surface area (Å²) in [6.45, 7) is 3.67. The molecule has 0 amide bonds. The number of ether oxygens (including phenoxy) is 3. The number of thiophene rings is 2. The third-order valence-electron chi connectivity index (χ3n) is 6.78. The van der Waals surface area contributed by atoms with Gasteiger partial charge in [-0.2, -0.15) is 0 Å². The fraction of sp³-hybridized carbons (Fsp3) is 0.367. The lowest BCUT2D eigenvalue weighted by molar-refractivity contribution is -0.142. The molecule has 0 aliphatic heterocycles. The van der Waals surface area contributed by atoms with E-state index in [2.05, 4.69) is 0 Å². The number of aliphatic carboxylic acids is 2. The van der Waals surface area contributed by atoms with Gasteiger partial charge in [-0.15, -0.1) is 22.7 Å². The van der Waals surface area contributed by atoms with Gasteiger partial charge in [0.2, 0.25) is 0 Å². The van der Waals surface area contributed by atoms with Crippen molar-refractivity contribution in [3.63, 3.8) is 0 Å². The predicted molar refractivity (Wildman–Crippen MR) is 163 cm³/mol. The number of carboxylic acid groups (broad SMARTS) is 2. The van der Waals surface area contributed by atoms with E-state index in [1.54, 1.807) is 31.4 Å². The number of carbonyl (C=O) groups is 3. The van der Waals surface area contributed by atoms with E-state index in [0.29, 0.717) is 52.3 Å². The summed E-state index contributed by atoms with van der Waals surface area (Å²) in [6.07, 6.45) is 1.58. The largest absolute Gasteiger partial charge is 0.504 e. The SMILES string of the molecule is COc1cc2sc(CCC(C)C(=O)O)cc2cc1OCCCOc1c(O)cc2sc(C(=O)CC(C)C(=O)O)cc2c1Cl. The normalized spacial score (nSPS) is 12.8. The van der Waals surface area contributed by atoms with Crippen molar-refractivity contribution in [3.05, 3.63) is 45.1 Å². The molecular formula is C30H31ClO9S2. The summed E-state index contributed by atoms with van der Waals surface area (Å²) in [5, 5.41) is 30.4. The zero-order chi connectivity index (χ0) is 30.6. The molecule has 0 fully saturated rings. The van der Waals surface area contributed by atoms with E-state index < -0.39 is 23.8 Å². The van der Waals surface area contributed by atoms with Crippen LogP contribution in [0.5, 0.6) is 23.0 Å². The van der Waals surface area contributed by atoms with Gasteiger partial charge in [0.25, 0.3) is 0 Å². The molecule has 0 bridgehead atoms. The highest BCUT2D eigenvalue weighted by Gasteiger charge is 2.22. The molecule has 42 heavy (non-hydrogen) atoms. The van der Waals surface area contributed by atoms with Crippen LogP contribution < -0.4 is 14.2 Å². The molecular weight excluding hydrogens is 604 g/mol. The minimum atomic E-state index is -1.04. The number of phenolic OH excluding ortho intramolecular Hbond substituents is 1. The number of benzene rings is 2. The first kappa shape index (κ1) is 31.4. The van der Waals surface area contributed by atoms with Gasteiger partial charge in [-0.25, -0.2) is 0 Å². The van der Waals surface area contributed by atoms with Crippen LogP contribution in [0.1, 0.15) is 47.7 Å². The van der Waals surface area contributed by atoms with Crippen molar-refractivity contribution in [1.29, 1.82) is 0 Å². The molecule has 9 nitrogen and oxygen atoms in total. The molecule has 3 N–H and O–H groups in total. The number of phenols is 1. The van der Waals surface area contributed by atoms with Gasteiger partial charge in [-0.05, 0) is 36.4 Å². The van der Waals surface area contributed by atoms with Crippen LogP contribution in [0.3, 0.4) is 0 Å². The smallest absolute Gasteiger partial charge is 0.306 e. The molecule has 0 spiro atoms. The van der Waals surface area contributed by atoms with Gasteiger partial charge in [0.1, 0.15) is 0 Å². The second kappa shape index (κ2) is 13.6. The molecule has 4 aromatic rings. The van der Waals surface area contributed by atoms with Crippen LogP contribution in [0.2, 0.25) is 5.02 Å². The topological polar surface area (TPSA) is 140 Å². The number of carboxylic acids is 2. The molecule has 12 heteroatoms. The minimum absolute atomic E-state index is 0.0990. The molecule has 4 rings (SSSR count). The Bertz CT molecular complexity index is 1620. The van der Waals surface area contributed by atoms with Gasteiger partial charge in [0.05, 0.1) is 42.1 Å². The first-order valence-corrected chi connectivity index (χ1v) is 15.3. The summed E-state index contributed by atoms with van der Waals surface area (Å²) in [4.78, 5) is 36.2. The van der Waals surface area contributed by atoms with Crippen LogP contribution in [-0.4, -0.2) is 53.4 Å². The molecule has 0 aliphatic carbocycles. The van der Waals surface area contributed by atoms with Gasteiger partial charge in [0, 0.05) is 44.6 Å². The van der Waals surface area contributed by atoms with Crippen molar-refractivity contribution < 1.29 is 43.9 Å². The molecule has 0 saturated carbocycles. The van der Waals surface area contributed by atoms with E-state index in [1.807, 2.05) is 18.2 Å². The lowest BCUT2D eigenvalue weighted by Crippen LogP contribution is -2.13. The van der Waals surface area contributed by atoms with Crippen molar-refractivity contribution in [1.82, 2.24) is 0 Å². The van der Waals surface area contributed by atoms with Crippen LogP contribution in [0.25, 0.3) is 20.2 Å². The number of aryl methyl sites for hydroxylation is 1. The van der Waals surface area contributed by atoms with Gasteiger partial charge in [0.15, 0.2) is 28.8 Å². The lowest BCUT2D eigenvalue weighted by atomic mass is 10.0. The van der Waals surface area contributed by atoms with E-state index in [9.17, 15) is 19.5 Å². The van der Waals surface area contributed by atoms with E-state index in [0.717, 1.165) is 26.3 Å². The zero-order valence-electron chi connectivity index (χ0n) is 23.3. The maximum atomic E-state index is 12.5. The highest BCUT2D eigenvalue weighted by molar-refractivity contribution is 7.21. The summed E-state index contributed by atoms with van der Waals surface area (Å²) in [5.41, 5.74) is 0. The van der Waals surface area contributed by atoms with Gasteiger partial charge in [-0.1, -0.05) is 25.4 Å². The third-order valence-corrected chi connectivity index (χ3v) is 9.43. The second-order valence-electron chi connectivity index (χ2n) is 10.0. The van der Waals surface area contributed by atoms with Crippen molar-refractivity contribution in [2.45, 2.75) is 39.5 Å². The number of carbonyl (C=O) groups excluding carboxylic acids is 1. The fourth-order valence-electron chi connectivity index (χ4n) is 4.24. The number of Topliss-reactive ketones (excluding diaryl/α,β-unsaturated/α-hetero) is 1. The number of hydrogen-bond donors (Lipinski definition) is 3. The maximum absolute atomic E-state index is 12.5. The molecule has 2 aromatic heterocycles. The predicted octanol–water partition coefficient (Wildman–Crippen LogP) is 7.28. The average Bonchev–Trinajstić information content (AvgIpc) is 3.56. The summed E-state index contributed by atoms with van der Waals surface area (Å²) in [6, 6.07) is 8.93. The van der Waals surface area contributed by atoms with E-state index in [1.165, 1.54) is 13.0 Å². The monoisotopic (exact) mass is 634 g/mol. The van der Waals surface area contributed by atoms with Gasteiger partial charge >= 0.3 is 11.9 Å². The minimum Gasteiger partial charge on any atom is -0.504 e. The zero-order valence-corrected chi connectivity index (χ0v) is 25.7. The summed E-state index contributed by atoms with van der Waals surface area (Å²) in [5.74, 6) is -2.26. The van der Waals surface area contributed by atoms with Crippen molar-refractivity contribution in [2.24, 2.45) is 11.8 Å². The highest BCUT2D eigenvalue weighted by Crippen LogP contribution is 2.44. The average molecular weight is 635 g/mol. The maximum Gasteiger partial charge on any atom is 0.306 e. The molecule has 2 aromatic carbocycles. The Balaban J connectivity index is 1.36. The van der Waals surface area contributed by atoms with E-state index in [4.69, 9.17) is 36.0 Å². The number of hydrogen-bond acceptors (Lipinski definition) is 9. The molecule has 0 saturated heterocycles. The Morgan fingerprint density at radius 1 is 0.905 bits per heavy atom. The first-order valence-electron chi connectivity index (χ1n) is 13.3. The standard InChI is InChI=1S/C30H31ClO9S2/c1-15(29(34)35)5-6-18-10-17-11-23(22(38-3)14-24(17)41-18)39-7-4-8-40-28-21(33)13-25-19(27(28)31)12-26(42-25)20(32)9-16(2)30(36)37/h10-16,33H,4-9H2,1-3H3,(H,34,35)(H,36,37). The molecule has 224 valence electrons. The molecule has 0 radical (unpaired) electrons. The summed E-state index contributed by atoms with van der Waals surface area (Å²) < 4.78 is 18.9. The Morgan fingerprint density at radius 3 is 2.31 bits per heavy atom. The third kappa shape index (κ3) is 7.26. The van der Waals surface area contributed by atoms with Crippen molar-refractivity contribution >= 4 is 72.2 Å². The first-order chi connectivity index (χ1) is 20.0. The Kier molecular flexibility index (Phi) is 10.2. The van der Waals surface area contributed by atoms with Gasteiger partial charge < -0.3 is 29.5 Å². The Morgan fingerprint density at radius 2 is 1.62 bits per heavy atom. The van der Waals surface area contributed by atoms with E-state index >= 15 is 0 Å². The van der Waals surface area contributed by atoms with Crippen LogP contribution in [-0.2, 0) is 16.0 Å². The molecule has 2 atom stereocenters. The van der Waals surface area contributed by atoms with Crippen LogP contribution in [0.4, 0.5) is 0 Å². The Labute approximate surface area is 255 Å². The van der Waals surface area contributed by atoms with Crippen LogP contribution in [0.15, 0.2) is 30.3 Å². The fourth-order valence-corrected chi connectivity index (χ4v) is 6.75. The lowest BCUT2D eigenvalue weighted by Gasteiger charge is -2.13. The van der Waals surface area contributed by atoms with Crippen molar-refractivity contribution in [3.8, 4) is 23.0 Å². The molecule has 0 aliphatic rings. The number of methoxy groups -OCH3 is 1. The number of fused-ring (bicyclic) bond motifs is 2. The summed E-state index contributed by atoms with van der Waals surface area (Å²) in [7, 11) is 1.57. The quantitative estimate of drug-likeness (QED) is 0.0909. The number of halogens is 1. The van der Waals surface area contributed by atoms with Crippen molar-refractivity contribution in [2.75, 3.05) is 20.3 Å². The molecule has 2 heterocycles. The van der Waals surface area contributed by atoms with Gasteiger partial charge in [-0.3, -0.25) is 14.4 Å². The second-order valence-corrected chi connectivity index (χ2v) is 12.6.